The van der Waals surface area contributed by atoms with Crippen LogP contribution in [0, 0.1) is 13.8 Å². The minimum atomic E-state index is -0.0273. The second-order valence-electron chi connectivity index (χ2n) is 4.30. The Balaban J connectivity index is 2.31. The van der Waals surface area contributed by atoms with E-state index in [1.54, 1.807) is 0 Å². The lowest BCUT2D eigenvalue weighted by Gasteiger charge is -2.13. The maximum atomic E-state index is 6.24. The van der Waals surface area contributed by atoms with Gasteiger partial charge in [-0.3, -0.25) is 0 Å². The van der Waals surface area contributed by atoms with Crippen molar-refractivity contribution in [1.82, 2.24) is 0 Å². The van der Waals surface area contributed by atoms with E-state index < -0.39 is 0 Å². The van der Waals surface area contributed by atoms with Gasteiger partial charge < -0.3 is 5.73 Å². The molecule has 0 saturated carbocycles. The van der Waals surface area contributed by atoms with Crippen LogP contribution in [0.25, 0.3) is 0 Å². The molecule has 0 heterocycles. The minimum Gasteiger partial charge on any atom is -0.320 e. The van der Waals surface area contributed by atoms with Gasteiger partial charge >= 0.3 is 0 Å². The van der Waals surface area contributed by atoms with Crippen molar-refractivity contribution in [2.75, 3.05) is 0 Å². The second-order valence-corrected chi connectivity index (χ2v) is 4.30. The second kappa shape index (κ2) is 4.50. The Morgan fingerprint density at radius 2 is 1.50 bits per heavy atom. The summed E-state index contributed by atoms with van der Waals surface area (Å²) in [6, 6.07) is 16.7. The summed E-state index contributed by atoms with van der Waals surface area (Å²) in [5.74, 6) is 0. The van der Waals surface area contributed by atoms with Crippen LogP contribution in [0.5, 0.6) is 0 Å². The molecule has 0 radical (unpaired) electrons. The highest BCUT2D eigenvalue weighted by molar-refractivity contribution is 5.34. The summed E-state index contributed by atoms with van der Waals surface area (Å²) in [5.41, 5.74) is 11.1. The van der Waals surface area contributed by atoms with E-state index in [-0.39, 0.29) is 6.04 Å². The smallest absolute Gasteiger partial charge is 0.0551 e. The van der Waals surface area contributed by atoms with E-state index in [2.05, 4.69) is 62.4 Å². The first-order valence-electron chi connectivity index (χ1n) is 5.55. The average molecular weight is 211 g/mol. The molecule has 0 saturated heterocycles. The van der Waals surface area contributed by atoms with Gasteiger partial charge in [-0.05, 0) is 25.0 Å². The van der Waals surface area contributed by atoms with Crippen LogP contribution in [0.1, 0.15) is 28.3 Å². The van der Waals surface area contributed by atoms with E-state index in [0.29, 0.717) is 0 Å². The normalized spacial score (nSPS) is 12.4. The Morgan fingerprint density at radius 1 is 0.812 bits per heavy atom. The predicted molar refractivity (Wildman–Crippen MR) is 68.4 cm³/mol. The van der Waals surface area contributed by atoms with Gasteiger partial charge in [0, 0.05) is 0 Å². The van der Waals surface area contributed by atoms with Crippen molar-refractivity contribution < 1.29 is 0 Å². The Kier molecular flexibility index (Phi) is 3.07. The first-order valence-corrected chi connectivity index (χ1v) is 5.55. The predicted octanol–water partition coefficient (Wildman–Crippen LogP) is 3.35. The molecule has 2 aromatic rings. The summed E-state index contributed by atoms with van der Waals surface area (Å²) in [6.07, 6.45) is 0. The van der Waals surface area contributed by atoms with Gasteiger partial charge in [0.1, 0.15) is 0 Å². The molecular weight excluding hydrogens is 194 g/mol. The number of benzene rings is 2. The molecule has 2 aromatic carbocycles. The van der Waals surface area contributed by atoms with Crippen molar-refractivity contribution >= 4 is 0 Å². The van der Waals surface area contributed by atoms with E-state index in [4.69, 9.17) is 5.73 Å². The fraction of sp³-hybridized carbons (Fsp3) is 0.200. The fourth-order valence-electron chi connectivity index (χ4n) is 1.83. The van der Waals surface area contributed by atoms with Gasteiger partial charge in [-0.2, -0.15) is 0 Å². The maximum absolute atomic E-state index is 6.24. The highest BCUT2D eigenvalue weighted by Crippen LogP contribution is 2.20. The van der Waals surface area contributed by atoms with Crippen molar-refractivity contribution in [3.8, 4) is 0 Å². The quantitative estimate of drug-likeness (QED) is 0.810. The third-order valence-electron chi connectivity index (χ3n) is 2.84. The van der Waals surface area contributed by atoms with Gasteiger partial charge in [-0.1, -0.05) is 59.7 Å². The fourth-order valence-corrected chi connectivity index (χ4v) is 1.83. The van der Waals surface area contributed by atoms with Crippen LogP contribution < -0.4 is 5.73 Å². The van der Waals surface area contributed by atoms with E-state index in [1.165, 1.54) is 16.7 Å². The molecule has 0 bridgehead atoms. The Morgan fingerprint density at radius 3 is 2.12 bits per heavy atom. The van der Waals surface area contributed by atoms with Crippen LogP contribution in [0.2, 0.25) is 0 Å². The summed E-state index contributed by atoms with van der Waals surface area (Å²) < 4.78 is 0. The van der Waals surface area contributed by atoms with Crippen LogP contribution in [0.3, 0.4) is 0 Å². The Labute approximate surface area is 96.9 Å². The highest BCUT2D eigenvalue weighted by Gasteiger charge is 2.07. The van der Waals surface area contributed by atoms with Crippen LogP contribution in [0.4, 0.5) is 0 Å². The van der Waals surface area contributed by atoms with Gasteiger partial charge in [-0.15, -0.1) is 0 Å². The van der Waals surface area contributed by atoms with Crippen molar-refractivity contribution in [2.45, 2.75) is 19.9 Å². The lowest BCUT2D eigenvalue weighted by atomic mass is 9.97. The first kappa shape index (κ1) is 10.9. The molecule has 0 fully saturated rings. The summed E-state index contributed by atoms with van der Waals surface area (Å²) >= 11 is 0. The first-order chi connectivity index (χ1) is 7.66. The van der Waals surface area contributed by atoms with Crippen molar-refractivity contribution in [1.29, 1.82) is 0 Å². The molecule has 0 unspecified atom stereocenters. The molecule has 0 spiro atoms. The number of rotatable bonds is 2. The van der Waals surface area contributed by atoms with E-state index >= 15 is 0 Å². The maximum Gasteiger partial charge on any atom is 0.0551 e. The number of hydrogen-bond acceptors (Lipinski definition) is 1. The molecule has 16 heavy (non-hydrogen) atoms. The molecule has 1 nitrogen and oxygen atoms in total. The largest absolute Gasteiger partial charge is 0.320 e. The minimum absolute atomic E-state index is 0.0273. The zero-order chi connectivity index (χ0) is 11.5. The summed E-state index contributed by atoms with van der Waals surface area (Å²) in [6.45, 7) is 4.17. The summed E-state index contributed by atoms with van der Waals surface area (Å²) in [7, 11) is 0. The van der Waals surface area contributed by atoms with Crippen molar-refractivity contribution in [3.63, 3.8) is 0 Å². The molecule has 2 rings (SSSR count). The van der Waals surface area contributed by atoms with Crippen LogP contribution in [-0.2, 0) is 0 Å². The molecular formula is C15H17N. The molecule has 1 atom stereocenters. The SMILES string of the molecule is Cc1ccc([C@@H](N)c2cccc(C)c2)cc1. The molecule has 82 valence electrons. The average Bonchev–Trinajstić information content (AvgIpc) is 2.29. The van der Waals surface area contributed by atoms with Gasteiger partial charge in [-0.25, -0.2) is 0 Å². The van der Waals surface area contributed by atoms with Crippen LogP contribution >= 0.6 is 0 Å². The third kappa shape index (κ3) is 2.31. The van der Waals surface area contributed by atoms with E-state index in [0.717, 1.165) is 5.56 Å². The summed E-state index contributed by atoms with van der Waals surface area (Å²) in [4.78, 5) is 0. The van der Waals surface area contributed by atoms with Crippen LogP contribution in [-0.4, -0.2) is 0 Å². The number of hydrogen-bond donors (Lipinski definition) is 1. The van der Waals surface area contributed by atoms with Crippen LogP contribution in [0.15, 0.2) is 48.5 Å². The Hall–Kier alpha value is -1.60. The molecule has 0 aliphatic heterocycles. The molecule has 2 N–H and O–H groups in total. The lowest BCUT2D eigenvalue weighted by molar-refractivity contribution is 0.869. The third-order valence-corrected chi connectivity index (χ3v) is 2.84. The molecule has 0 aromatic heterocycles. The number of nitrogens with two attached hydrogens (primary N) is 1. The molecule has 0 aliphatic rings. The van der Waals surface area contributed by atoms with E-state index in [1.807, 2.05) is 0 Å². The Bertz CT molecular complexity index is 471. The topological polar surface area (TPSA) is 26.0 Å². The highest BCUT2D eigenvalue weighted by atomic mass is 14.6. The summed E-state index contributed by atoms with van der Waals surface area (Å²) in [5, 5.41) is 0. The zero-order valence-corrected chi connectivity index (χ0v) is 9.77. The van der Waals surface area contributed by atoms with Gasteiger partial charge in [0.2, 0.25) is 0 Å². The van der Waals surface area contributed by atoms with Crippen molar-refractivity contribution in [3.05, 3.63) is 70.8 Å². The molecule has 0 amide bonds. The lowest BCUT2D eigenvalue weighted by Crippen LogP contribution is -2.11. The monoisotopic (exact) mass is 211 g/mol. The standard InChI is InChI=1S/C15H17N/c1-11-6-8-13(9-7-11)15(16)14-5-3-4-12(2)10-14/h3-10,15H,16H2,1-2H3/t15-/m1/s1. The van der Waals surface area contributed by atoms with Gasteiger partial charge in [0.05, 0.1) is 6.04 Å². The van der Waals surface area contributed by atoms with E-state index in [9.17, 15) is 0 Å². The molecule has 1 heteroatoms. The molecule has 0 aliphatic carbocycles. The zero-order valence-electron chi connectivity index (χ0n) is 9.77. The van der Waals surface area contributed by atoms with Gasteiger partial charge in [0.15, 0.2) is 0 Å². The van der Waals surface area contributed by atoms with Crippen molar-refractivity contribution in [2.24, 2.45) is 5.73 Å². The van der Waals surface area contributed by atoms with Gasteiger partial charge in [0.25, 0.3) is 0 Å². The number of aryl methyl sites for hydroxylation is 2.